The van der Waals surface area contributed by atoms with E-state index in [1.807, 2.05) is 0 Å². The Hall–Kier alpha value is -8.40. The lowest BCUT2D eigenvalue weighted by atomic mass is 9.82. The Bertz CT molecular complexity index is 3110. The second-order valence-corrected chi connectivity index (χ2v) is 17.9. The molecule has 1 aliphatic rings. The summed E-state index contributed by atoms with van der Waals surface area (Å²) < 4.78 is 0. The van der Waals surface area contributed by atoms with Gasteiger partial charge in [0, 0.05) is 39.5 Å². The quantitative estimate of drug-likeness (QED) is 0.128. The summed E-state index contributed by atoms with van der Waals surface area (Å²) in [5.74, 6) is 0. The molecule has 0 spiro atoms. The van der Waals surface area contributed by atoms with Crippen molar-refractivity contribution in [1.82, 2.24) is 0 Å². The van der Waals surface area contributed by atoms with Gasteiger partial charge in [-0.2, -0.15) is 0 Å². The third-order valence-electron chi connectivity index (χ3n) is 13.3. The lowest BCUT2D eigenvalue weighted by Crippen LogP contribution is -2.18. The van der Waals surface area contributed by atoms with Gasteiger partial charge in [-0.05, 0) is 148 Å². The Labute approximate surface area is 395 Å². The number of nitrogens with zero attached hydrogens (tertiary/aromatic N) is 3. The van der Waals surface area contributed by atoms with Crippen LogP contribution < -0.4 is 14.7 Å². The molecule has 0 aromatic heterocycles. The van der Waals surface area contributed by atoms with Crippen molar-refractivity contribution in [3.05, 3.63) is 271 Å². The van der Waals surface area contributed by atoms with Gasteiger partial charge in [0.1, 0.15) is 0 Å². The molecular weight excluding hydrogens is 811 g/mol. The van der Waals surface area contributed by atoms with Gasteiger partial charge >= 0.3 is 0 Å². The fourth-order valence-corrected chi connectivity index (χ4v) is 10.0. The third-order valence-corrected chi connectivity index (χ3v) is 13.3. The molecule has 0 radical (unpaired) electrons. The van der Waals surface area contributed by atoms with E-state index in [1.165, 1.54) is 44.5 Å². The Morgan fingerprint density at radius 2 is 0.612 bits per heavy atom. The van der Waals surface area contributed by atoms with Crippen LogP contribution in [0, 0.1) is 6.92 Å². The van der Waals surface area contributed by atoms with Crippen LogP contribution in [0.25, 0.3) is 33.4 Å². The Balaban J connectivity index is 1.13. The molecule has 0 bridgehead atoms. The van der Waals surface area contributed by atoms with Gasteiger partial charge in [0.05, 0.1) is 17.1 Å². The lowest BCUT2D eigenvalue weighted by Gasteiger charge is -2.33. The van der Waals surface area contributed by atoms with E-state index >= 15 is 0 Å². The normalized spacial score (nSPS) is 12.2. The number of rotatable bonds is 11. The number of aryl methyl sites for hydroxylation is 1. The summed E-state index contributed by atoms with van der Waals surface area (Å²) in [6.45, 7) is 6.98. The van der Waals surface area contributed by atoms with E-state index in [-0.39, 0.29) is 5.41 Å². The van der Waals surface area contributed by atoms with Crippen LogP contribution in [-0.4, -0.2) is 0 Å². The highest BCUT2D eigenvalue weighted by Crippen LogP contribution is 2.53. The average molecular weight is 862 g/mol. The van der Waals surface area contributed by atoms with Crippen molar-refractivity contribution in [1.29, 1.82) is 0 Å². The smallest absolute Gasteiger partial charge is 0.0503 e. The molecule has 0 N–H and O–H groups in total. The van der Waals surface area contributed by atoms with E-state index in [0.29, 0.717) is 0 Å². The molecule has 0 saturated heterocycles. The molecule has 1 aliphatic carbocycles. The van der Waals surface area contributed by atoms with E-state index in [0.717, 1.165) is 56.7 Å². The zero-order valence-electron chi connectivity index (χ0n) is 38.1. The number of para-hydroxylation sites is 4. The highest BCUT2D eigenvalue weighted by atomic mass is 15.2. The fraction of sp³-hybridized carbons (Fsp3) is 0.0625. The third kappa shape index (κ3) is 7.85. The summed E-state index contributed by atoms with van der Waals surface area (Å²) in [7, 11) is 0. The lowest BCUT2D eigenvalue weighted by molar-refractivity contribution is 0.660. The summed E-state index contributed by atoms with van der Waals surface area (Å²) in [4.78, 5) is 7.18. The van der Waals surface area contributed by atoms with Crippen molar-refractivity contribution >= 4 is 51.2 Å². The molecule has 0 heterocycles. The van der Waals surface area contributed by atoms with Crippen LogP contribution in [0.4, 0.5) is 51.2 Å². The first kappa shape index (κ1) is 41.3. The fourth-order valence-electron chi connectivity index (χ4n) is 10.0. The van der Waals surface area contributed by atoms with Gasteiger partial charge in [-0.3, -0.25) is 0 Å². The first-order valence-electron chi connectivity index (χ1n) is 23.2. The average Bonchev–Trinajstić information content (AvgIpc) is 3.62. The largest absolute Gasteiger partial charge is 0.310 e. The minimum Gasteiger partial charge on any atom is -0.310 e. The van der Waals surface area contributed by atoms with Crippen LogP contribution in [0.15, 0.2) is 255 Å². The first-order chi connectivity index (χ1) is 32.9. The maximum atomic E-state index is 2.45. The summed E-state index contributed by atoms with van der Waals surface area (Å²) in [5.41, 5.74) is 20.8. The highest BCUT2D eigenvalue weighted by molar-refractivity contribution is 5.92. The van der Waals surface area contributed by atoms with Gasteiger partial charge in [-0.1, -0.05) is 178 Å². The zero-order chi connectivity index (χ0) is 45.3. The molecule has 11 rings (SSSR count). The van der Waals surface area contributed by atoms with Crippen LogP contribution in [0.3, 0.4) is 0 Å². The molecule has 322 valence electrons. The monoisotopic (exact) mass is 861 g/mol. The molecule has 0 atom stereocenters. The number of fused-ring (bicyclic) bond motifs is 3. The van der Waals surface area contributed by atoms with E-state index < -0.39 is 0 Å². The van der Waals surface area contributed by atoms with Crippen molar-refractivity contribution in [2.24, 2.45) is 0 Å². The molecule has 0 fully saturated rings. The Morgan fingerprint density at radius 1 is 0.269 bits per heavy atom. The van der Waals surface area contributed by atoms with E-state index in [2.05, 4.69) is 290 Å². The molecule has 3 heteroatoms. The topological polar surface area (TPSA) is 9.72 Å². The predicted octanol–water partition coefficient (Wildman–Crippen LogP) is 18.0. The summed E-state index contributed by atoms with van der Waals surface area (Å²) in [6.07, 6.45) is 0. The zero-order valence-corrected chi connectivity index (χ0v) is 38.1. The molecule has 0 saturated carbocycles. The number of benzene rings is 10. The Kier molecular flexibility index (Phi) is 10.8. The summed E-state index contributed by atoms with van der Waals surface area (Å²) >= 11 is 0. The molecule has 10 aromatic carbocycles. The molecule has 0 aliphatic heterocycles. The van der Waals surface area contributed by atoms with Crippen molar-refractivity contribution < 1.29 is 0 Å². The van der Waals surface area contributed by atoms with Crippen molar-refractivity contribution in [2.75, 3.05) is 14.7 Å². The van der Waals surface area contributed by atoms with Crippen molar-refractivity contribution in [3.8, 4) is 33.4 Å². The van der Waals surface area contributed by atoms with Gasteiger partial charge in [0.25, 0.3) is 0 Å². The molecule has 0 amide bonds. The summed E-state index contributed by atoms with van der Waals surface area (Å²) in [5, 5.41) is 0. The van der Waals surface area contributed by atoms with Gasteiger partial charge in [0.2, 0.25) is 0 Å². The molecule has 67 heavy (non-hydrogen) atoms. The number of hydrogen-bond acceptors (Lipinski definition) is 3. The van der Waals surface area contributed by atoms with Crippen LogP contribution >= 0.6 is 0 Å². The van der Waals surface area contributed by atoms with Crippen molar-refractivity contribution in [3.63, 3.8) is 0 Å². The van der Waals surface area contributed by atoms with Crippen LogP contribution in [0.1, 0.15) is 30.5 Å². The van der Waals surface area contributed by atoms with Gasteiger partial charge < -0.3 is 14.7 Å². The minimum atomic E-state index is -0.185. The number of hydrogen-bond donors (Lipinski definition) is 0. The summed E-state index contributed by atoms with van der Waals surface area (Å²) in [6, 6.07) is 92.3. The second-order valence-electron chi connectivity index (χ2n) is 17.9. The molecule has 0 unspecified atom stereocenters. The molecule has 3 nitrogen and oxygen atoms in total. The van der Waals surface area contributed by atoms with Gasteiger partial charge in [0.15, 0.2) is 0 Å². The van der Waals surface area contributed by atoms with E-state index in [1.54, 1.807) is 0 Å². The van der Waals surface area contributed by atoms with Gasteiger partial charge in [-0.15, -0.1) is 0 Å². The highest BCUT2D eigenvalue weighted by Gasteiger charge is 2.37. The minimum absolute atomic E-state index is 0.185. The van der Waals surface area contributed by atoms with Crippen molar-refractivity contribution in [2.45, 2.75) is 26.2 Å². The van der Waals surface area contributed by atoms with Crippen LogP contribution in [0.5, 0.6) is 0 Å². The van der Waals surface area contributed by atoms with Gasteiger partial charge in [-0.25, -0.2) is 0 Å². The standard InChI is InChI=1S/C64H51N3/c1-46-20-19-31-61-63(46)60-41-40-56(45-62(60)64(61,2)3)67(55-38-36-50(37-39-55)49-34-32-48(33-35-49)47-21-9-4-10-22-47)59-43-57(65(51-23-11-5-12-24-51)52-25-13-6-14-26-52)42-58(44-59)66(53-27-15-7-16-28-53)54-29-17-8-18-30-54/h4-45H,1-3H3. The van der Waals surface area contributed by atoms with Crippen LogP contribution in [-0.2, 0) is 5.41 Å². The maximum Gasteiger partial charge on any atom is 0.0503 e. The molecular formula is C64H51N3. The predicted molar refractivity (Wildman–Crippen MR) is 284 cm³/mol. The maximum absolute atomic E-state index is 2.45. The second kappa shape index (κ2) is 17.5. The van der Waals surface area contributed by atoms with E-state index in [4.69, 9.17) is 0 Å². The number of anilines is 9. The Morgan fingerprint density at radius 3 is 1.04 bits per heavy atom. The SMILES string of the molecule is Cc1cccc2c1-c1ccc(N(c3ccc(-c4ccc(-c5ccccc5)cc4)cc3)c3cc(N(c4ccccc4)c4ccccc4)cc(N(c4ccccc4)c4ccccc4)c3)cc1C2(C)C. The first-order valence-corrected chi connectivity index (χ1v) is 23.2. The van der Waals surface area contributed by atoms with Crippen LogP contribution in [0.2, 0.25) is 0 Å². The van der Waals surface area contributed by atoms with E-state index in [9.17, 15) is 0 Å². The molecule has 10 aromatic rings.